The number of aliphatic hydroxyl groups is 1. The molecule has 1 heterocycles. The molecule has 0 aromatic rings. The highest BCUT2D eigenvalue weighted by Gasteiger charge is 2.16. The highest BCUT2D eigenvalue weighted by Crippen LogP contribution is 2.18. The van der Waals surface area contributed by atoms with E-state index in [9.17, 15) is 5.11 Å². The van der Waals surface area contributed by atoms with Gasteiger partial charge in [0, 0.05) is 32.1 Å². The van der Waals surface area contributed by atoms with Gasteiger partial charge < -0.3 is 14.9 Å². The van der Waals surface area contributed by atoms with E-state index in [1.807, 2.05) is 0 Å². The van der Waals surface area contributed by atoms with E-state index < -0.39 is 0 Å². The molecule has 1 fully saturated rings. The summed E-state index contributed by atoms with van der Waals surface area (Å²) in [6, 6.07) is 0. The van der Waals surface area contributed by atoms with Crippen LogP contribution in [0.1, 0.15) is 26.2 Å². The lowest BCUT2D eigenvalue weighted by Crippen LogP contribution is -2.46. The van der Waals surface area contributed by atoms with Crippen LogP contribution in [0.15, 0.2) is 12.3 Å². The van der Waals surface area contributed by atoms with Gasteiger partial charge in [-0.25, -0.2) is 0 Å². The number of allylic oxidation sites excluding steroid dienone is 1. The molecule has 0 amide bonds. The second kappa shape index (κ2) is 8.83. The Labute approximate surface area is 117 Å². The molecule has 0 aliphatic carbocycles. The summed E-state index contributed by atoms with van der Waals surface area (Å²) in [5.74, 6) is 1.39. The maximum atomic E-state index is 9.50. The molecule has 0 aromatic carbocycles. The topological polar surface area (TPSA) is 26.7 Å². The van der Waals surface area contributed by atoms with Gasteiger partial charge in [-0.05, 0) is 38.1 Å². The number of piperazine rings is 1. The zero-order valence-electron chi connectivity index (χ0n) is 11.6. The van der Waals surface area contributed by atoms with E-state index in [0.717, 1.165) is 31.6 Å². The highest BCUT2D eigenvalue weighted by molar-refractivity contribution is 7.80. The number of nitrogens with zero attached hydrogens (tertiary/aromatic N) is 2. The van der Waals surface area contributed by atoms with Gasteiger partial charge in [-0.15, -0.1) is 0 Å². The summed E-state index contributed by atoms with van der Waals surface area (Å²) in [7, 11) is 0. The van der Waals surface area contributed by atoms with Crippen LogP contribution in [0.3, 0.4) is 0 Å². The van der Waals surface area contributed by atoms with Crippen LogP contribution in [0.25, 0.3) is 0 Å². The first-order valence-electron chi connectivity index (χ1n) is 7.10. The van der Waals surface area contributed by atoms with Crippen molar-refractivity contribution >= 4 is 12.6 Å². The largest absolute Gasteiger partial charge is 0.513 e. The summed E-state index contributed by atoms with van der Waals surface area (Å²) in [6.45, 7) is 13.0. The van der Waals surface area contributed by atoms with E-state index in [4.69, 9.17) is 0 Å². The summed E-state index contributed by atoms with van der Waals surface area (Å²) >= 11 is 4.23. The molecule has 0 aromatic heterocycles. The van der Waals surface area contributed by atoms with Gasteiger partial charge in [0.25, 0.3) is 0 Å². The number of hydrogen-bond acceptors (Lipinski definition) is 4. The molecule has 18 heavy (non-hydrogen) atoms. The fraction of sp³-hybridized carbons (Fsp3) is 0.857. The number of likely N-dealkylation sites (N-methyl/N-ethyl adjacent to an activating group) is 1. The van der Waals surface area contributed by atoms with Crippen LogP contribution >= 0.6 is 12.6 Å². The van der Waals surface area contributed by atoms with Crippen LogP contribution in [0, 0.1) is 5.92 Å². The van der Waals surface area contributed by atoms with Gasteiger partial charge in [0.2, 0.25) is 0 Å². The first kappa shape index (κ1) is 15.9. The third-order valence-electron chi connectivity index (χ3n) is 3.89. The Morgan fingerprint density at radius 1 is 1.22 bits per heavy atom. The van der Waals surface area contributed by atoms with Gasteiger partial charge in [0.1, 0.15) is 0 Å². The van der Waals surface area contributed by atoms with E-state index in [0.29, 0.717) is 5.76 Å². The Morgan fingerprint density at radius 3 is 2.33 bits per heavy atom. The maximum absolute atomic E-state index is 9.50. The molecule has 1 saturated heterocycles. The third-order valence-corrected chi connectivity index (χ3v) is 4.15. The Morgan fingerprint density at radius 2 is 1.83 bits per heavy atom. The van der Waals surface area contributed by atoms with Crippen LogP contribution in [0.2, 0.25) is 0 Å². The fourth-order valence-electron chi connectivity index (χ4n) is 2.52. The molecule has 1 N–H and O–H groups in total. The van der Waals surface area contributed by atoms with Gasteiger partial charge in [-0.1, -0.05) is 13.5 Å². The van der Waals surface area contributed by atoms with Crippen LogP contribution in [0.4, 0.5) is 0 Å². The molecule has 4 heteroatoms. The summed E-state index contributed by atoms with van der Waals surface area (Å²) in [6.07, 6.45) is 3.11. The van der Waals surface area contributed by atoms with Crippen molar-refractivity contribution in [2.24, 2.45) is 5.92 Å². The molecule has 1 aliphatic rings. The van der Waals surface area contributed by atoms with Crippen molar-refractivity contribution in [3.05, 3.63) is 12.3 Å². The maximum Gasteiger partial charge on any atom is 0.0882 e. The van der Waals surface area contributed by atoms with Crippen molar-refractivity contribution in [2.45, 2.75) is 26.2 Å². The normalized spacial score (nSPS) is 19.9. The highest BCUT2D eigenvalue weighted by atomic mass is 32.1. The van der Waals surface area contributed by atoms with Crippen molar-refractivity contribution in [3.8, 4) is 0 Å². The number of rotatable bonds is 8. The predicted octanol–water partition coefficient (Wildman–Crippen LogP) is 2.41. The Hall–Kier alpha value is -0.190. The van der Waals surface area contributed by atoms with Crippen molar-refractivity contribution in [3.63, 3.8) is 0 Å². The molecule has 0 radical (unpaired) electrons. The smallest absolute Gasteiger partial charge is 0.0882 e. The first-order valence-corrected chi connectivity index (χ1v) is 7.74. The van der Waals surface area contributed by atoms with E-state index >= 15 is 0 Å². The third kappa shape index (κ3) is 5.63. The molecule has 0 bridgehead atoms. The Kier molecular flexibility index (Phi) is 7.79. The van der Waals surface area contributed by atoms with Crippen LogP contribution in [-0.4, -0.2) is 59.9 Å². The molecule has 0 saturated carbocycles. The standard InChI is InChI=1S/C14H28N2OS/c1-3-15-8-10-16(11-9-15)7-4-5-14(6-12-18)13(2)17/h14,17-18H,2-12H2,1H3/t14-/m1/s1. The minimum Gasteiger partial charge on any atom is -0.513 e. The Bertz CT molecular complexity index is 240. The number of hydrogen-bond donors (Lipinski definition) is 2. The molecule has 1 rings (SSSR count). The van der Waals surface area contributed by atoms with Crippen LogP contribution < -0.4 is 0 Å². The molecular weight excluding hydrogens is 244 g/mol. The lowest BCUT2D eigenvalue weighted by molar-refractivity contribution is 0.133. The van der Waals surface area contributed by atoms with E-state index in [-0.39, 0.29) is 5.92 Å². The van der Waals surface area contributed by atoms with E-state index in [1.165, 1.54) is 32.7 Å². The molecule has 3 nitrogen and oxygen atoms in total. The summed E-state index contributed by atoms with van der Waals surface area (Å²) in [4.78, 5) is 5.03. The minimum absolute atomic E-state index is 0.236. The second-order valence-electron chi connectivity index (χ2n) is 5.12. The van der Waals surface area contributed by atoms with Crippen LogP contribution in [-0.2, 0) is 0 Å². The minimum atomic E-state index is 0.236. The van der Waals surface area contributed by atoms with Crippen molar-refractivity contribution in [1.29, 1.82) is 0 Å². The number of aliphatic hydroxyl groups excluding tert-OH is 1. The summed E-state index contributed by atoms with van der Waals surface area (Å²) in [5.41, 5.74) is 0. The fourth-order valence-corrected chi connectivity index (χ4v) is 2.84. The quantitative estimate of drug-likeness (QED) is 0.525. The monoisotopic (exact) mass is 272 g/mol. The average molecular weight is 272 g/mol. The zero-order valence-corrected chi connectivity index (χ0v) is 12.5. The van der Waals surface area contributed by atoms with E-state index in [2.05, 4.69) is 35.9 Å². The molecule has 1 atom stereocenters. The Balaban J connectivity index is 2.15. The first-order chi connectivity index (χ1) is 8.67. The molecule has 1 aliphatic heterocycles. The summed E-state index contributed by atoms with van der Waals surface area (Å²) in [5, 5.41) is 9.50. The zero-order chi connectivity index (χ0) is 13.4. The molecule has 106 valence electrons. The van der Waals surface area contributed by atoms with E-state index in [1.54, 1.807) is 0 Å². The summed E-state index contributed by atoms with van der Waals surface area (Å²) < 4.78 is 0. The average Bonchev–Trinajstić information content (AvgIpc) is 2.38. The van der Waals surface area contributed by atoms with Crippen LogP contribution in [0.5, 0.6) is 0 Å². The lowest BCUT2D eigenvalue weighted by Gasteiger charge is -2.34. The second-order valence-corrected chi connectivity index (χ2v) is 5.57. The van der Waals surface area contributed by atoms with Crippen molar-refractivity contribution < 1.29 is 5.11 Å². The molecule has 0 unspecified atom stereocenters. The molecular formula is C14H28N2OS. The lowest BCUT2D eigenvalue weighted by atomic mass is 9.98. The van der Waals surface area contributed by atoms with Crippen molar-refractivity contribution in [1.82, 2.24) is 9.80 Å². The van der Waals surface area contributed by atoms with Gasteiger partial charge in [-0.2, -0.15) is 12.6 Å². The van der Waals surface area contributed by atoms with Gasteiger partial charge >= 0.3 is 0 Å². The van der Waals surface area contributed by atoms with Gasteiger partial charge in [0.15, 0.2) is 0 Å². The molecule has 0 spiro atoms. The van der Waals surface area contributed by atoms with Gasteiger partial charge in [0.05, 0.1) is 5.76 Å². The predicted molar refractivity (Wildman–Crippen MR) is 81.5 cm³/mol. The van der Waals surface area contributed by atoms with Gasteiger partial charge in [-0.3, -0.25) is 0 Å². The number of thiol groups is 1. The SMILES string of the molecule is C=C(O)[C@@H](CCS)CCCN1CCN(CC)CC1. The van der Waals surface area contributed by atoms with Crippen molar-refractivity contribution in [2.75, 3.05) is 45.0 Å².